The summed E-state index contributed by atoms with van der Waals surface area (Å²) in [6, 6.07) is 0.852. The van der Waals surface area contributed by atoms with Crippen LogP contribution in [0.3, 0.4) is 0 Å². The Kier molecular flexibility index (Phi) is 4.05. The molecule has 1 unspecified atom stereocenters. The van der Waals surface area contributed by atoms with Gasteiger partial charge in [0, 0.05) is 12.1 Å². The number of nitrogens with zero attached hydrogens (tertiary/aromatic N) is 1. The molecule has 3 aliphatic rings. The summed E-state index contributed by atoms with van der Waals surface area (Å²) >= 11 is 0. The molecule has 19 heavy (non-hydrogen) atoms. The van der Waals surface area contributed by atoms with Crippen molar-refractivity contribution in [1.82, 2.24) is 15.5 Å². The molecule has 3 N–H and O–H groups in total. The summed E-state index contributed by atoms with van der Waals surface area (Å²) in [6.45, 7) is 3.21. The number of rotatable bonds is 3. The smallest absolute Gasteiger partial charge is 0.237 e. The van der Waals surface area contributed by atoms with E-state index in [9.17, 15) is 9.90 Å². The molecule has 0 aromatic heterocycles. The maximum absolute atomic E-state index is 12.4. The maximum atomic E-state index is 12.4. The van der Waals surface area contributed by atoms with Crippen molar-refractivity contribution in [1.29, 1.82) is 0 Å². The Bertz CT molecular complexity index is 325. The molecule has 5 heteroatoms. The van der Waals surface area contributed by atoms with Crippen LogP contribution in [-0.2, 0) is 4.79 Å². The number of carbonyl (C=O) groups is 1. The van der Waals surface area contributed by atoms with Gasteiger partial charge in [-0.25, -0.2) is 0 Å². The molecule has 2 saturated heterocycles. The summed E-state index contributed by atoms with van der Waals surface area (Å²) in [7, 11) is 0. The summed E-state index contributed by atoms with van der Waals surface area (Å²) in [5, 5.41) is 15.8. The van der Waals surface area contributed by atoms with Gasteiger partial charge in [-0.05, 0) is 58.2 Å². The number of aliphatic hydroxyl groups excluding tert-OH is 1. The molecule has 3 rings (SSSR count). The van der Waals surface area contributed by atoms with E-state index in [1.807, 2.05) is 0 Å². The second kappa shape index (κ2) is 5.77. The summed E-state index contributed by atoms with van der Waals surface area (Å²) in [4.78, 5) is 14.8. The molecule has 1 saturated carbocycles. The largest absolute Gasteiger partial charge is 0.393 e. The van der Waals surface area contributed by atoms with E-state index in [4.69, 9.17) is 0 Å². The highest BCUT2D eigenvalue weighted by Crippen LogP contribution is 2.26. The first-order valence-electron chi connectivity index (χ1n) is 7.69. The Morgan fingerprint density at radius 1 is 1.21 bits per heavy atom. The van der Waals surface area contributed by atoms with E-state index < -0.39 is 0 Å². The lowest BCUT2D eigenvalue weighted by molar-refractivity contribution is -0.128. The average molecular weight is 267 g/mol. The number of nitrogens with one attached hydrogen (secondary N) is 2. The zero-order chi connectivity index (χ0) is 13.2. The second-order valence-corrected chi connectivity index (χ2v) is 6.21. The van der Waals surface area contributed by atoms with Crippen molar-refractivity contribution in [3.05, 3.63) is 0 Å². The molecule has 1 aliphatic carbocycles. The van der Waals surface area contributed by atoms with Gasteiger partial charge in [0.25, 0.3) is 0 Å². The fourth-order valence-electron chi connectivity index (χ4n) is 3.65. The molecule has 0 aromatic rings. The summed E-state index contributed by atoms with van der Waals surface area (Å²) in [6.07, 6.45) is 5.70. The van der Waals surface area contributed by atoms with Crippen molar-refractivity contribution < 1.29 is 9.90 Å². The molecule has 0 spiro atoms. The van der Waals surface area contributed by atoms with Crippen LogP contribution in [0.2, 0.25) is 0 Å². The first kappa shape index (κ1) is 13.3. The summed E-state index contributed by atoms with van der Waals surface area (Å²) in [5.41, 5.74) is 0. The topological polar surface area (TPSA) is 64.6 Å². The van der Waals surface area contributed by atoms with Crippen molar-refractivity contribution in [2.75, 3.05) is 19.6 Å². The second-order valence-electron chi connectivity index (χ2n) is 6.21. The zero-order valence-corrected chi connectivity index (χ0v) is 11.5. The molecule has 0 radical (unpaired) electrons. The van der Waals surface area contributed by atoms with Crippen molar-refractivity contribution in [2.24, 2.45) is 0 Å². The van der Waals surface area contributed by atoms with Crippen LogP contribution in [0.1, 0.15) is 38.5 Å². The van der Waals surface area contributed by atoms with E-state index in [0.29, 0.717) is 6.04 Å². The summed E-state index contributed by atoms with van der Waals surface area (Å²) < 4.78 is 0. The minimum absolute atomic E-state index is 0.0702. The molecule has 3 fully saturated rings. The molecular weight excluding hydrogens is 242 g/mol. The fourth-order valence-corrected chi connectivity index (χ4v) is 3.65. The van der Waals surface area contributed by atoms with Gasteiger partial charge in [0.05, 0.1) is 12.1 Å². The minimum Gasteiger partial charge on any atom is -0.393 e. The molecule has 0 bridgehead atoms. The Morgan fingerprint density at radius 2 is 1.95 bits per heavy atom. The van der Waals surface area contributed by atoms with Gasteiger partial charge in [-0.15, -0.1) is 0 Å². The lowest BCUT2D eigenvalue weighted by Gasteiger charge is -2.37. The van der Waals surface area contributed by atoms with E-state index in [1.54, 1.807) is 0 Å². The normalized spacial score (nSPS) is 37.0. The van der Waals surface area contributed by atoms with Crippen LogP contribution in [0.4, 0.5) is 0 Å². The third-order valence-corrected chi connectivity index (χ3v) is 4.83. The minimum atomic E-state index is -0.200. The van der Waals surface area contributed by atoms with Gasteiger partial charge < -0.3 is 15.7 Å². The predicted octanol–water partition coefficient (Wildman–Crippen LogP) is -0.158. The molecule has 108 valence electrons. The SMILES string of the molecule is O=C(NC1CC(O)C1)C1CCCN1C1CCNCC1. The van der Waals surface area contributed by atoms with Crippen LogP contribution in [0.15, 0.2) is 0 Å². The van der Waals surface area contributed by atoms with Gasteiger partial charge in [0.1, 0.15) is 0 Å². The van der Waals surface area contributed by atoms with Crippen LogP contribution in [0.25, 0.3) is 0 Å². The predicted molar refractivity (Wildman–Crippen MR) is 72.8 cm³/mol. The first-order valence-corrected chi connectivity index (χ1v) is 7.69. The average Bonchev–Trinajstić information content (AvgIpc) is 2.87. The van der Waals surface area contributed by atoms with E-state index in [1.165, 1.54) is 0 Å². The van der Waals surface area contributed by atoms with Gasteiger partial charge in [-0.3, -0.25) is 9.69 Å². The van der Waals surface area contributed by atoms with Crippen molar-refractivity contribution >= 4 is 5.91 Å². The Labute approximate surface area is 114 Å². The molecule has 1 amide bonds. The number of carbonyl (C=O) groups excluding carboxylic acids is 1. The number of piperidine rings is 1. The van der Waals surface area contributed by atoms with Crippen LogP contribution in [0, 0.1) is 0 Å². The quantitative estimate of drug-likeness (QED) is 0.665. The molecule has 2 aliphatic heterocycles. The Morgan fingerprint density at radius 3 is 2.63 bits per heavy atom. The standard InChI is InChI=1S/C14H25N3O2/c18-12-8-10(9-12)16-14(19)13-2-1-7-17(13)11-3-5-15-6-4-11/h10-13,15,18H,1-9H2,(H,16,19). The zero-order valence-electron chi connectivity index (χ0n) is 11.5. The van der Waals surface area contributed by atoms with Crippen LogP contribution in [-0.4, -0.2) is 59.8 Å². The van der Waals surface area contributed by atoms with E-state index in [-0.39, 0.29) is 24.1 Å². The summed E-state index contributed by atoms with van der Waals surface area (Å²) in [5.74, 6) is 0.188. The third-order valence-electron chi connectivity index (χ3n) is 4.83. The highest BCUT2D eigenvalue weighted by Gasteiger charge is 2.37. The van der Waals surface area contributed by atoms with Gasteiger partial charge >= 0.3 is 0 Å². The number of aliphatic hydroxyl groups is 1. The van der Waals surface area contributed by atoms with Crippen LogP contribution < -0.4 is 10.6 Å². The highest BCUT2D eigenvalue weighted by molar-refractivity contribution is 5.82. The van der Waals surface area contributed by atoms with Crippen LogP contribution in [0.5, 0.6) is 0 Å². The number of likely N-dealkylation sites (tertiary alicyclic amines) is 1. The van der Waals surface area contributed by atoms with Crippen molar-refractivity contribution in [2.45, 2.75) is 62.8 Å². The van der Waals surface area contributed by atoms with E-state index in [2.05, 4.69) is 15.5 Å². The molecule has 2 heterocycles. The van der Waals surface area contributed by atoms with Gasteiger partial charge in [0.15, 0.2) is 0 Å². The van der Waals surface area contributed by atoms with E-state index >= 15 is 0 Å². The van der Waals surface area contributed by atoms with Gasteiger partial charge in [0.2, 0.25) is 5.91 Å². The fraction of sp³-hybridized carbons (Fsp3) is 0.929. The Balaban J connectivity index is 1.54. The third kappa shape index (κ3) is 2.93. The first-order chi connectivity index (χ1) is 9.24. The van der Waals surface area contributed by atoms with Gasteiger partial charge in [-0.1, -0.05) is 0 Å². The monoisotopic (exact) mass is 267 g/mol. The van der Waals surface area contributed by atoms with Crippen molar-refractivity contribution in [3.63, 3.8) is 0 Å². The molecule has 1 atom stereocenters. The molecular formula is C14H25N3O2. The number of amides is 1. The molecule has 5 nitrogen and oxygen atoms in total. The number of hydrogen-bond donors (Lipinski definition) is 3. The number of hydrogen-bond acceptors (Lipinski definition) is 4. The molecule has 0 aromatic carbocycles. The van der Waals surface area contributed by atoms with E-state index in [0.717, 1.165) is 58.2 Å². The van der Waals surface area contributed by atoms with Gasteiger partial charge in [-0.2, -0.15) is 0 Å². The maximum Gasteiger partial charge on any atom is 0.237 e. The van der Waals surface area contributed by atoms with Crippen molar-refractivity contribution in [3.8, 4) is 0 Å². The lowest BCUT2D eigenvalue weighted by Crippen LogP contribution is -2.55. The Hall–Kier alpha value is -0.650. The highest BCUT2D eigenvalue weighted by atomic mass is 16.3. The van der Waals surface area contributed by atoms with Crippen LogP contribution >= 0.6 is 0 Å². The lowest BCUT2D eigenvalue weighted by atomic mass is 9.89.